The Morgan fingerprint density at radius 1 is 0.321 bits per heavy atom. The summed E-state index contributed by atoms with van der Waals surface area (Å²) in [7, 11) is 11.3. The predicted octanol–water partition coefficient (Wildman–Crippen LogP) is 8.66. The van der Waals surface area contributed by atoms with Crippen LogP contribution in [0.25, 0.3) is 0 Å². The highest BCUT2D eigenvalue weighted by Gasteiger charge is 2.54. The van der Waals surface area contributed by atoms with Crippen LogP contribution in [-0.4, -0.2) is 130 Å². The van der Waals surface area contributed by atoms with Crippen LogP contribution < -0.4 is 28.4 Å². The Morgan fingerprint density at radius 3 is 0.923 bits per heavy atom. The fraction of sp³-hybridized carbons (Fsp3) is 0.410. The van der Waals surface area contributed by atoms with Crippen LogP contribution >= 0.6 is 0 Å². The van der Waals surface area contributed by atoms with Gasteiger partial charge in [0.15, 0.2) is 12.6 Å². The average Bonchev–Trinajstić information content (AvgIpc) is 3.61. The molecule has 0 aromatic heterocycles. The fourth-order valence-corrected chi connectivity index (χ4v) is 9.18. The Balaban J connectivity index is 1.17. The standard InChI is InChI=1S/C61H72O17/c1-63-46-20-8-40(9-21-46)32-70-38-52-54(69-7)56(72-34-42-12-24-48(65-3)25-13-42)59(75-37-45-18-30-51(68-6)31-19-45)61(77-52)78-55-53(39-71-33-41-10-22-47(64-2)23-11-41)76-60(62)58(74-36-44-16-28-50(67-5)29-17-44)57(55)73-35-43-14-26-49(66-4)27-15-43/h8-31,52-62H,32-39H2,1-7H3/t52-,53-,54-,55-,56+,57+,58-,59-,60-,61+/m1/s1. The van der Waals surface area contributed by atoms with Gasteiger partial charge in [-0.2, -0.15) is 0 Å². The Bertz CT molecular complexity index is 2640. The van der Waals surface area contributed by atoms with E-state index in [1.165, 1.54) is 0 Å². The lowest BCUT2D eigenvalue weighted by atomic mass is 9.96. The summed E-state index contributed by atoms with van der Waals surface area (Å²) in [6, 6.07) is 45.4. The van der Waals surface area contributed by atoms with E-state index < -0.39 is 61.4 Å². The molecule has 0 amide bonds. The van der Waals surface area contributed by atoms with Crippen LogP contribution in [0.3, 0.4) is 0 Å². The molecule has 8 rings (SSSR count). The number of benzene rings is 6. The van der Waals surface area contributed by atoms with Gasteiger partial charge in [0.25, 0.3) is 0 Å². The van der Waals surface area contributed by atoms with Crippen LogP contribution in [-0.2, 0) is 87.0 Å². The van der Waals surface area contributed by atoms with Crippen molar-refractivity contribution in [2.45, 2.75) is 101 Å². The van der Waals surface area contributed by atoms with E-state index in [1.807, 2.05) is 146 Å². The summed E-state index contributed by atoms with van der Waals surface area (Å²) in [5.41, 5.74) is 5.19. The number of hydrogen-bond acceptors (Lipinski definition) is 17. The van der Waals surface area contributed by atoms with Gasteiger partial charge in [0, 0.05) is 7.11 Å². The van der Waals surface area contributed by atoms with E-state index in [-0.39, 0.29) is 52.9 Å². The minimum Gasteiger partial charge on any atom is -0.497 e. The van der Waals surface area contributed by atoms with E-state index in [0.717, 1.165) is 39.1 Å². The second-order valence-corrected chi connectivity index (χ2v) is 18.6. The zero-order chi connectivity index (χ0) is 54.6. The van der Waals surface area contributed by atoms with Gasteiger partial charge in [-0.05, 0) is 106 Å². The van der Waals surface area contributed by atoms with Crippen LogP contribution in [0.2, 0.25) is 0 Å². The molecule has 10 atom stereocenters. The first-order chi connectivity index (χ1) is 38.2. The number of aliphatic hydroxyl groups is 1. The van der Waals surface area contributed by atoms with E-state index in [9.17, 15) is 5.11 Å². The molecule has 17 nitrogen and oxygen atoms in total. The molecule has 2 heterocycles. The van der Waals surface area contributed by atoms with E-state index in [4.69, 9.17) is 75.8 Å². The Hall–Kier alpha value is -6.32. The predicted molar refractivity (Wildman–Crippen MR) is 287 cm³/mol. The summed E-state index contributed by atoms with van der Waals surface area (Å²) in [6.07, 6.45) is -10.2. The van der Waals surface area contributed by atoms with Gasteiger partial charge in [-0.1, -0.05) is 72.8 Å². The smallest absolute Gasteiger partial charge is 0.187 e. The summed E-state index contributed by atoms with van der Waals surface area (Å²) in [5.74, 6) is 4.23. The van der Waals surface area contributed by atoms with Crippen LogP contribution in [0.15, 0.2) is 146 Å². The summed E-state index contributed by atoms with van der Waals surface area (Å²) in [6.45, 7) is 0.951. The van der Waals surface area contributed by atoms with Gasteiger partial charge in [0.2, 0.25) is 0 Å². The normalized spacial score (nSPS) is 23.1. The molecule has 1 N–H and O–H groups in total. The van der Waals surface area contributed by atoms with Crippen molar-refractivity contribution < 1.29 is 80.9 Å². The van der Waals surface area contributed by atoms with Gasteiger partial charge in [0.1, 0.15) is 83.3 Å². The third-order valence-corrected chi connectivity index (χ3v) is 13.6. The second-order valence-electron chi connectivity index (χ2n) is 18.6. The number of ether oxygens (including phenoxy) is 16. The molecule has 2 aliphatic rings. The van der Waals surface area contributed by atoms with E-state index in [2.05, 4.69) is 0 Å². The lowest BCUT2D eigenvalue weighted by Gasteiger charge is -2.49. The molecule has 418 valence electrons. The Morgan fingerprint density at radius 2 is 0.603 bits per heavy atom. The van der Waals surface area contributed by atoms with Crippen molar-refractivity contribution in [1.82, 2.24) is 0 Å². The first kappa shape index (κ1) is 57.8. The Labute approximate surface area is 456 Å². The molecule has 2 fully saturated rings. The highest BCUT2D eigenvalue weighted by atomic mass is 16.8. The van der Waals surface area contributed by atoms with Crippen molar-refractivity contribution in [2.75, 3.05) is 63.0 Å². The molecule has 2 saturated heterocycles. The van der Waals surface area contributed by atoms with Crippen LogP contribution in [0.5, 0.6) is 34.5 Å². The van der Waals surface area contributed by atoms with Gasteiger partial charge in [-0.25, -0.2) is 0 Å². The van der Waals surface area contributed by atoms with E-state index in [0.29, 0.717) is 28.7 Å². The number of aliphatic hydroxyl groups excluding tert-OH is 1. The SMILES string of the molecule is COc1ccc(COC[C@H]2O[C@@H](O)[C@H](OCc3ccc(OC)cc3)[C@@H](OCc3ccc(OC)cc3)[C@@H]2O[C@@H]2O[C@H](COCc3ccc(OC)cc3)[C@@H](OC)[C@H](OCc3ccc(OC)cc3)[C@H]2OCc2ccc(OC)cc2)cc1. The Kier molecular flexibility index (Phi) is 21.9. The molecule has 0 spiro atoms. The third-order valence-electron chi connectivity index (χ3n) is 13.6. The quantitative estimate of drug-likeness (QED) is 0.0473. The minimum absolute atomic E-state index is 0.0437. The summed E-state index contributed by atoms with van der Waals surface area (Å²) < 4.78 is 100. The van der Waals surface area contributed by atoms with Gasteiger partial charge >= 0.3 is 0 Å². The van der Waals surface area contributed by atoms with Crippen molar-refractivity contribution in [1.29, 1.82) is 0 Å². The van der Waals surface area contributed by atoms with Gasteiger partial charge in [-0.3, -0.25) is 0 Å². The highest BCUT2D eigenvalue weighted by Crippen LogP contribution is 2.36. The molecular weight excluding hydrogens is 1000 g/mol. The molecule has 0 radical (unpaired) electrons. The number of hydrogen-bond donors (Lipinski definition) is 1. The molecule has 17 heteroatoms. The number of methoxy groups -OCH3 is 7. The largest absolute Gasteiger partial charge is 0.497 e. The summed E-state index contributed by atoms with van der Waals surface area (Å²) in [5, 5.41) is 12.1. The lowest BCUT2D eigenvalue weighted by molar-refractivity contribution is -0.373. The lowest BCUT2D eigenvalue weighted by Crippen LogP contribution is -2.66. The number of rotatable bonds is 29. The maximum Gasteiger partial charge on any atom is 0.187 e. The van der Waals surface area contributed by atoms with Gasteiger partial charge < -0.3 is 80.9 Å². The van der Waals surface area contributed by atoms with Crippen molar-refractivity contribution in [3.8, 4) is 34.5 Å². The molecule has 0 bridgehead atoms. The summed E-state index contributed by atoms with van der Waals surface area (Å²) in [4.78, 5) is 0. The van der Waals surface area contributed by atoms with E-state index in [1.54, 1.807) is 49.8 Å². The zero-order valence-corrected chi connectivity index (χ0v) is 45.3. The van der Waals surface area contributed by atoms with Crippen molar-refractivity contribution in [2.24, 2.45) is 0 Å². The minimum atomic E-state index is -1.49. The van der Waals surface area contributed by atoms with E-state index >= 15 is 0 Å². The molecule has 0 saturated carbocycles. The topological polar surface area (TPSA) is 168 Å². The molecule has 78 heavy (non-hydrogen) atoms. The molecule has 6 aromatic carbocycles. The van der Waals surface area contributed by atoms with Gasteiger partial charge in [-0.15, -0.1) is 0 Å². The monoisotopic (exact) mass is 1080 g/mol. The maximum absolute atomic E-state index is 12.1. The van der Waals surface area contributed by atoms with Crippen LogP contribution in [0, 0.1) is 0 Å². The van der Waals surface area contributed by atoms with Crippen molar-refractivity contribution >= 4 is 0 Å². The van der Waals surface area contributed by atoms with Gasteiger partial charge in [0.05, 0.1) is 95.5 Å². The van der Waals surface area contributed by atoms with Crippen LogP contribution in [0.1, 0.15) is 33.4 Å². The molecule has 2 aliphatic heterocycles. The molecular formula is C61H72O17. The fourth-order valence-electron chi connectivity index (χ4n) is 9.18. The molecule has 6 aromatic rings. The summed E-state index contributed by atoms with van der Waals surface area (Å²) >= 11 is 0. The third kappa shape index (κ3) is 15.9. The van der Waals surface area contributed by atoms with Crippen molar-refractivity contribution in [3.05, 3.63) is 179 Å². The molecule has 0 aliphatic carbocycles. The average molecular weight is 1080 g/mol. The second kappa shape index (κ2) is 29.6. The highest BCUT2D eigenvalue weighted by molar-refractivity contribution is 5.31. The maximum atomic E-state index is 12.1. The van der Waals surface area contributed by atoms with Crippen LogP contribution in [0.4, 0.5) is 0 Å². The first-order valence-corrected chi connectivity index (χ1v) is 25.8. The molecule has 0 unspecified atom stereocenters. The zero-order valence-electron chi connectivity index (χ0n) is 45.3. The van der Waals surface area contributed by atoms with Crippen molar-refractivity contribution in [3.63, 3.8) is 0 Å². The first-order valence-electron chi connectivity index (χ1n) is 25.8.